The molecule has 0 amide bonds. The van der Waals surface area contributed by atoms with Gasteiger partial charge in [-0.3, -0.25) is 10.8 Å². The van der Waals surface area contributed by atoms with Gasteiger partial charge in [0.2, 0.25) is 0 Å². The number of aromatic nitrogens is 1. The summed E-state index contributed by atoms with van der Waals surface area (Å²) in [6.45, 7) is 2.04. The van der Waals surface area contributed by atoms with Gasteiger partial charge in [-0.2, -0.15) is 0 Å². The number of nitrogens with zero attached hydrogens (tertiary/aromatic N) is 1. The highest BCUT2D eigenvalue weighted by Gasteiger charge is 2.16. The van der Waals surface area contributed by atoms with Crippen LogP contribution in [0.5, 0.6) is 0 Å². The Morgan fingerprint density at radius 2 is 2.17 bits per heavy atom. The van der Waals surface area contributed by atoms with Gasteiger partial charge in [-0.15, -0.1) is 22.7 Å². The first kappa shape index (κ1) is 11.8. The van der Waals surface area contributed by atoms with Crippen LogP contribution in [0.3, 0.4) is 0 Å². The Morgan fingerprint density at radius 3 is 2.89 bits per heavy atom. The summed E-state index contributed by atoms with van der Waals surface area (Å²) in [6, 6.07) is 6.49. The molecule has 92 valence electrons. The van der Waals surface area contributed by atoms with Crippen molar-refractivity contribution in [3.63, 3.8) is 0 Å². The van der Waals surface area contributed by atoms with Gasteiger partial charge in [0.1, 0.15) is 0 Å². The number of hydrazine groups is 1. The van der Waals surface area contributed by atoms with Crippen LogP contribution in [0.25, 0.3) is 9.40 Å². The molecule has 0 radical (unpaired) electrons. The molecule has 1 atom stereocenters. The molecule has 1 unspecified atom stereocenters. The average Bonchev–Trinajstić information content (AvgIpc) is 2.91. The van der Waals surface area contributed by atoms with Crippen LogP contribution in [0.15, 0.2) is 36.0 Å². The summed E-state index contributed by atoms with van der Waals surface area (Å²) in [5.74, 6) is 5.71. The summed E-state index contributed by atoms with van der Waals surface area (Å²) in [6.07, 6.45) is 3.72. The number of pyridine rings is 1. The average molecular weight is 275 g/mol. The number of thiophene rings is 2. The molecule has 3 nitrogen and oxygen atoms in total. The molecule has 0 bridgehead atoms. The molecule has 3 rings (SSSR count). The lowest BCUT2D eigenvalue weighted by molar-refractivity contribution is 0.644. The van der Waals surface area contributed by atoms with Gasteiger partial charge in [0.25, 0.3) is 0 Å². The zero-order valence-electron chi connectivity index (χ0n) is 9.88. The van der Waals surface area contributed by atoms with Gasteiger partial charge in [-0.25, -0.2) is 5.43 Å². The van der Waals surface area contributed by atoms with E-state index in [2.05, 4.69) is 34.0 Å². The molecule has 18 heavy (non-hydrogen) atoms. The molecule has 0 spiro atoms. The largest absolute Gasteiger partial charge is 0.271 e. The summed E-state index contributed by atoms with van der Waals surface area (Å²) in [5, 5.41) is 2.12. The second-order valence-electron chi connectivity index (χ2n) is 4.19. The van der Waals surface area contributed by atoms with Gasteiger partial charge in [0.05, 0.1) is 6.04 Å². The monoisotopic (exact) mass is 275 g/mol. The lowest BCUT2D eigenvalue weighted by Gasteiger charge is -2.14. The fraction of sp³-hybridized carbons (Fsp3) is 0.154. The van der Waals surface area contributed by atoms with E-state index in [0.717, 1.165) is 11.1 Å². The lowest BCUT2D eigenvalue weighted by Crippen LogP contribution is -2.28. The Bertz CT molecular complexity index is 643. The van der Waals surface area contributed by atoms with Crippen molar-refractivity contribution in [2.45, 2.75) is 13.0 Å². The molecular weight excluding hydrogens is 262 g/mol. The van der Waals surface area contributed by atoms with Gasteiger partial charge in [0, 0.05) is 26.7 Å². The van der Waals surface area contributed by atoms with Crippen molar-refractivity contribution in [3.8, 4) is 0 Å². The van der Waals surface area contributed by atoms with Crippen LogP contribution >= 0.6 is 22.7 Å². The van der Waals surface area contributed by atoms with E-state index >= 15 is 0 Å². The molecule has 0 fully saturated rings. The molecule has 5 heteroatoms. The van der Waals surface area contributed by atoms with E-state index in [4.69, 9.17) is 5.84 Å². The minimum Gasteiger partial charge on any atom is -0.271 e. The second-order valence-corrected chi connectivity index (χ2v) is 6.26. The van der Waals surface area contributed by atoms with Gasteiger partial charge in [0.15, 0.2) is 0 Å². The predicted octanol–water partition coefficient (Wildman–Crippen LogP) is 3.22. The summed E-state index contributed by atoms with van der Waals surface area (Å²) in [5.41, 5.74) is 5.14. The number of nitrogens with two attached hydrogens (primary N) is 1. The van der Waals surface area contributed by atoms with Crippen LogP contribution in [0.4, 0.5) is 0 Å². The third kappa shape index (κ3) is 2.06. The normalized spacial score (nSPS) is 13.0. The number of fused-ring (bicyclic) bond motifs is 1. The Labute approximate surface area is 113 Å². The molecule has 3 N–H and O–H groups in total. The van der Waals surface area contributed by atoms with E-state index in [1.807, 2.05) is 19.3 Å². The number of hydrogen-bond donors (Lipinski definition) is 2. The van der Waals surface area contributed by atoms with Gasteiger partial charge >= 0.3 is 0 Å². The molecule has 3 heterocycles. The van der Waals surface area contributed by atoms with Crippen molar-refractivity contribution < 1.29 is 0 Å². The first-order chi connectivity index (χ1) is 8.78. The van der Waals surface area contributed by atoms with E-state index in [-0.39, 0.29) is 6.04 Å². The van der Waals surface area contributed by atoms with E-state index in [9.17, 15) is 0 Å². The van der Waals surface area contributed by atoms with Gasteiger partial charge < -0.3 is 0 Å². The minimum atomic E-state index is 0.0157. The first-order valence-electron chi connectivity index (χ1n) is 5.62. The minimum absolute atomic E-state index is 0.0157. The van der Waals surface area contributed by atoms with Crippen molar-refractivity contribution in [1.29, 1.82) is 0 Å². The molecular formula is C13H13N3S2. The summed E-state index contributed by atoms with van der Waals surface area (Å²) >= 11 is 3.54. The van der Waals surface area contributed by atoms with Crippen LogP contribution in [0.2, 0.25) is 0 Å². The Kier molecular flexibility index (Phi) is 3.13. The molecule has 0 saturated carbocycles. The third-order valence-corrected chi connectivity index (χ3v) is 5.00. The number of rotatable bonds is 3. The van der Waals surface area contributed by atoms with E-state index in [1.165, 1.54) is 14.3 Å². The Hall–Kier alpha value is -1.27. The Morgan fingerprint density at radius 1 is 1.28 bits per heavy atom. The summed E-state index contributed by atoms with van der Waals surface area (Å²) < 4.78 is 2.63. The van der Waals surface area contributed by atoms with Crippen LogP contribution < -0.4 is 11.3 Å². The third-order valence-electron chi connectivity index (χ3n) is 2.84. The topological polar surface area (TPSA) is 50.9 Å². The predicted molar refractivity (Wildman–Crippen MR) is 77.8 cm³/mol. The molecule has 3 aromatic heterocycles. The highest BCUT2D eigenvalue weighted by molar-refractivity contribution is 7.27. The van der Waals surface area contributed by atoms with Crippen LogP contribution in [-0.4, -0.2) is 4.98 Å². The van der Waals surface area contributed by atoms with Gasteiger partial charge in [-0.1, -0.05) is 6.07 Å². The maximum Gasteiger partial charge on any atom is 0.0818 e. The zero-order chi connectivity index (χ0) is 12.5. The number of aryl methyl sites for hydroxylation is 1. The van der Waals surface area contributed by atoms with Crippen molar-refractivity contribution >= 4 is 32.1 Å². The Balaban J connectivity index is 2.04. The first-order valence-corrected chi connectivity index (χ1v) is 7.32. The molecule has 0 aliphatic heterocycles. The highest BCUT2D eigenvalue weighted by atomic mass is 32.1. The smallest absolute Gasteiger partial charge is 0.0818 e. The second kappa shape index (κ2) is 4.78. The van der Waals surface area contributed by atoms with Crippen LogP contribution in [0.1, 0.15) is 22.0 Å². The fourth-order valence-corrected chi connectivity index (χ4v) is 4.21. The molecule has 0 aromatic carbocycles. The standard InChI is InChI=1S/C13H13N3S2/c1-8-4-9(7-15-6-8)13(16-14)12-5-11-10(18-12)2-3-17-11/h2-7,13,16H,14H2,1H3. The van der Waals surface area contributed by atoms with Crippen LogP contribution in [0, 0.1) is 6.92 Å². The van der Waals surface area contributed by atoms with Gasteiger partial charge in [-0.05, 0) is 35.6 Å². The van der Waals surface area contributed by atoms with E-state index < -0.39 is 0 Å². The highest BCUT2D eigenvalue weighted by Crippen LogP contribution is 2.35. The van der Waals surface area contributed by atoms with E-state index in [1.54, 1.807) is 22.7 Å². The maximum atomic E-state index is 5.71. The van der Waals surface area contributed by atoms with Crippen molar-refractivity contribution in [2.24, 2.45) is 5.84 Å². The van der Waals surface area contributed by atoms with Crippen LogP contribution in [-0.2, 0) is 0 Å². The summed E-state index contributed by atoms with van der Waals surface area (Å²) in [4.78, 5) is 5.46. The number of nitrogens with one attached hydrogen (secondary N) is 1. The molecule has 0 aliphatic rings. The lowest BCUT2D eigenvalue weighted by atomic mass is 10.1. The van der Waals surface area contributed by atoms with E-state index in [0.29, 0.717) is 0 Å². The summed E-state index contributed by atoms with van der Waals surface area (Å²) in [7, 11) is 0. The fourth-order valence-electron chi connectivity index (χ4n) is 2.01. The number of hydrogen-bond acceptors (Lipinski definition) is 5. The maximum absolute atomic E-state index is 5.71. The zero-order valence-corrected chi connectivity index (χ0v) is 11.5. The van der Waals surface area contributed by atoms with Crippen molar-refractivity contribution in [3.05, 3.63) is 52.0 Å². The molecule has 0 saturated heterocycles. The SMILES string of the molecule is Cc1cncc(C(NN)c2cc3sccc3s2)c1. The molecule has 3 aromatic rings. The van der Waals surface area contributed by atoms with Crippen molar-refractivity contribution in [2.75, 3.05) is 0 Å². The molecule has 0 aliphatic carbocycles. The quantitative estimate of drug-likeness (QED) is 0.570. The van der Waals surface area contributed by atoms with Crippen molar-refractivity contribution in [1.82, 2.24) is 10.4 Å².